The molecule has 108 valence electrons. The standard InChI is InChI=1S/C16H16N2O3/c1-10(2)14-6-5-12(13(8-17)9-18)7-15(16(14)20-4)21-11(3)19/h5-7,10H,1-4H3. The molecular weight excluding hydrogens is 268 g/mol. The van der Waals surface area contributed by atoms with Crippen molar-refractivity contribution in [1.82, 2.24) is 0 Å². The van der Waals surface area contributed by atoms with E-state index >= 15 is 0 Å². The average molecular weight is 284 g/mol. The SMILES string of the molecule is COC1=C(C(C)C)C=CC(=C(C#N)C#N)C=C1OC(C)=O. The van der Waals surface area contributed by atoms with Crippen LogP contribution in [0.1, 0.15) is 20.8 Å². The largest absolute Gasteiger partial charge is 0.493 e. The van der Waals surface area contributed by atoms with Crippen LogP contribution in [-0.2, 0) is 14.3 Å². The Morgan fingerprint density at radius 3 is 2.29 bits per heavy atom. The van der Waals surface area contributed by atoms with Gasteiger partial charge in [0.15, 0.2) is 11.5 Å². The van der Waals surface area contributed by atoms with E-state index in [9.17, 15) is 4.79 Å². The second kappa shape index (κ2) is 7.12. The molecule has 0 amide bonds. The summed E-state index contributed by atoms with van der Waals surface area (Å²) in [6.45, 7) is 5.21. The zero-order chi connectivity index (χ0) is 16.0. The topological polar surface area (TPSA) is 83.1 Å². The smallest absolute Gasteiger partial charge is 0.308 e. The van der Waals surface area contributed by atoms with Crippen LogP contribution in [0.2, 0.25) is 0 Å². The van der Waals surface area contributed by atoms with Gasteiger partial charge in [-0.1, -0.05) is 26.0 Å². The highest BCUT2D eigenvalue weighted by molar-refractivity contribution is 5.69. The average Bonchev–Trinajstić information content (AvgIpc) is 2.59. The monoisotopic (exact) mass is 284 g/mol. The highest BCUT2D eigenvalue weighted by atomic mass is 16.6. The van der Waals surface area contributed by atoms with Gasteiger partial charge in [-0.25, -0.2) is 0 Å². The number of nitrogens with zero attached hydrogens (tertiary/aromatic N) is 2. The Morgan fingerprint density at radius 2 is 1.86 bits per heavy atom. The molecule has 0 radical (unpaired) electrons. The predicted molar refractivity (Wildman–Crippen MR) is 76.1 cm³/mol. The molecule has 0 N–H and O–H groups in total. The Hall–Kier alpha value is -2.79. The molecule has 1 aliphatic rings. The number of nitriles is 2. The third-order valence-corrected chi connectivity index (χ3v) is 2.81. The van der Waals surface area contributed by atoms with E-state index in [0.29, 0.717) is 11.3 Å². The molecule has 0 bridgehead atoms. The second-order valence-corrected chi connectivity index (χ2v) is 4.63. The summed E-state index contributed by atoms with van der Waals surface area (Å²) >= 11 is 0. The summed E-state index contributed by atoms with van der Waals surface area (Å²) in [6.07, 6.45) is 4.88. The van der Waals surface area contributed by atoms with Gasteiger partial charge < -0.3 is 9.47 Å². The number of carbonyl (C=O) groups excluding carboxylic acids is 1. The lowest BCUT2D eigenvalue weighted by Crippen LogP contribution is -2.07. The molecule has 0 atom stereocenters. The van der Waals surface area contributed by atoms with Crippen molar-refractivity contribution >= 4 is 5.97 Å². The van der Waals surface area contributed by atoms with E-state index in [1.54, 1.807) is 12.2 Å². The second-order valence-electron chi connectivity index (χ2n) is 4.63. The molecule has 0 aromatic heterocycles. The van der Waals surface area contributed by atoms with Gasteiger partial charge in [0.2, 0.25) is 0 Å². The highest BCUT2D eigenvalue weighted by Gasteiger charge is 2.20. The quantitative estimate of drug-likeness (QED) is 0.587. The Balaban J connectivity index is 3.58. The minimum absolute atomic E-state index is 0.0589. The maximum absolute atomic E-state index is 11.3. The zero-order valence-electron chi connectivity index (χ0n) is 12.4. The number of carbonyl (C=O) groups is 1. The molecule has 0 aliphatic heterocycles. The molecule has 0 aromatic carbocycles. The van der Waals surface area contributed by atoms with E-state index in [1.807, 2.05) is 26.0 Å². The molecule has 0 unspecified atom stereocenters. The molecule has 1 rings (SSSR count). The number of ether oxygens (including phenoxy) is 2. The van der Waals surface area contributed by atoms with E-state index in [0.717, 1.165) is 5.57 Å². The van der Waals surface area contributed by atoms with E-state index in [2.05, 4.69) is 0 Å². The van der Waals surface area contributed by atoms with Crippen LogP contribution in [0.15, 0.2) is 46.5 Å². The first-order chi connectivity index (χ1) is 9.94. The number of esters is 1. The Kier molecular flexibility index (Phi) is 5.51. The van der Waals surface area contributed by atoms with Gasteiger partial charge in [0.1, 0.15) is 17.7 Å². The van der Waals surface area contributed by atoms with Gasteiger partial charge in [-0.3, -0.25) is 4.79 Å². The minimum atomic E-state index is -0.504. The van der Waals surface area contributed by atoms with Crippen LogP contribution in [0.3, 0.4) is 0 Å². The molecule has 0 heterocycles. The molecule has 0 fully saturated rings. The predicted octanol–water partition coefficient (Wildman–Crippen LogP) is 2.90. The first kappa shape index (κ1) is 16.3. The lowest BCUT2D eigenvalue weighted by molar-refractivity contribution is -0.137. The maximum Gasteiger partial charge on any atom is 0.308 e. The Morgan fingerprint density at radius 1 is 1.24 bits per heavy atom. The zero-order valence-corrected chi connectivity index (χ0v) is 12.4. The van der Waals surface area contributed by atoms with Crippen molar-refractivity contribution < 1.29 is 14.3 Å². The highest BCUT2D eigenvalue weighted by Crippen LogP contribution is 2.29. The minimum Gasteiger partial charge on any atom is -0.493 e. The molecule has 0 aromatic rings. The van der Waals surface area contributed by atoms with Crippen LogP contribution < -0.4 is 0 Å². The number of rotatable bonds is 3. The summed E-state index contributed by atoms with van der Waals surface area (Å²) in [4.78, 5) is 11.3. The van der Waals surface area contributed by atoms with Gasteiger partial charge in [0.05, 0.1) is 7.11 Å². The van der Waals surface area contributed by atoms with E-state index in [1.165, 1.54) is 20.1 Å². The first-order valence-electron chi connectivity index (χ1n) is 6.35. The van der Waals surface area contributed by atoms with Crippen molar-refractivity contribution in [3.8, 4) is 12.1 Å². The Bertz CT molecular complexity index is 634. The molecular formula is C16H16N2O3. The van der Waals surface area contributed by atoms with Crippen molar-refractivity contribution in [2.75, 3.05) is 7.11 Å². The molecule has 0 saturated heterocycles. The fraction of sp³-hybridized carbons (Fsp3) is 0.312. The van der Waals surface area contributed by atoms with Crippen LogP contribution in [0.5, 0.6) is 0 Å². The Labute approximate surface area is 124 Å². The molecule has 0 saturated carbocycles. The van der Waals surface area contributed by atoms with Crippen molar-refractivity contribution in [1.29, 1.82) is 10.5 Å². The van der Waals surface area contributed by atoms with Gasteiger partial charge in [-0.2, -0.15) is 10.5 Å². The summed E-state index contributed by atoms with van der Waals surface area (Å²) < 4.78 is 10.5. The molecule has 21 heavy (non-hydrogen) atoms. The number of hydrogen-bond donors (Lipinski definition) is 0. The lowest BCUT2D eigenvalue weighted by Gasteiger charge is -2.15. The number of allylic oxidation sites excluding steroid dienone is 6. The third kappa shape index (κ3) is 3.84. The van der Waals surface area contributed by atoms with Crippen molar-refractivity contribution in [3.05, 3.63) is 46.5 Å². The molecule has 5 nitrogen and oxygen atoms in total. The fourth-order valence-corrected chi connectivity index (χ4v) is 1.87. The van der Waals surface area contributed by atoms with Crippen LogP contribution in [-0.4, -0.2) is 13.1 Å². The number of hydrogen-bond acceptors (Lipinski definition) is 5. The van der Waals surface area contributed by atoms with Crippen molar-refractivity contribution in [2.45, 2.75) is 20.8 Å². The summed E-state index contributed by atoms with van der Waals surface area (Å²) in [6, 6.07) is 3.65. The molecule has 1 aliphatic carbocycles. The van der Waals surface area contributed by atoms with E-state index < -0.39 is 5.97 Å². The summed E-state index contributed by atoms with van der Waals surface area (Å²) in [5.74, 6) is 0.219. The number of methoxy groups -OCH3 is 1. The van der Waals surface area contributed by atoms with Gasteiger partial charge in [0.25, 0.3) is 0 Å². The summed E-state index contributed by atoms with van der Waals surface area (Å²) in [5, 5.41) is 18.0. The summed E-state index contributed by atoms with van der Waals surface area (Å²) in [5.41, 5.74) is 1.13. The molecule has 5 heteroatoms. The van der Waals surface area contributed by atoms with Crippen LogP contribution in [0.25, 0.3) is 0 Å². The normalized spacial score (nSPS) is 14.0. The van der Waals surface area contributed by atoms with Crippen molar-refractivity contribution in [3.63, 3.8) is 0 Å². The third-order valence-electron chi connectivity index (χ3n) is 2.81. The molecule has 0 spiro atoms. The van der Waals surface area contributed by atoms with Gasteiger partial charge in [0, 0.05) is 18.1 Å². The van der Waals surface area contributed by atoms with Crippen LogP contribution >= 0.6 is 0 Å². The van der Waals surface area contributed by atoms with Crippen LogP contribution in [0, 0.1) is 28.6 Å². The summed E-state index contributed by atoms with van der Waals surface area (Å²) in [7, 11) is 1.48. The first-order valence-corrected chi connectivity index (χ1v) is 6.35. The lowest BCUT2D eigenvalue weighted by atomic mass is 10.0. The van der Waals surface area contributed by atoms with Crippen LogP contribution in [0.4, 0.5) is 0 Å². The maximum atomic E-state index is 11.3. The van der Waals surface area contributed by atoms with Crippen molar-refractivity contribution in [2.24, 2.45) is 5.92 Å². The van der Waals surface area contributed by atoms with Gasteiger partial charge in [-0.15, -0.1) is 0 Å². The fourth-order valence-electron chi connectivity index (χ4n) is 1.87. The van der Waals surface area contributed by atoms with Gasteiger partial charge >= 0.3 is 5.97 Å². The van der Waals surface area contributed by atoms with E-state index in [4.69, 9.17) is 20.0 Å². The van der Waals surface area contributed by atoms with Gasteiger partial charge in [-0.05, 0) is 12.0 Å². The van der Waals surface area contributed by atoms with E-state index in [-0.39, 0.29) is 17.3 Å².